The summed E-state index contributed by atoms with van der Waals surface area (Å²) < 4.78 is 12.7. The highest BCUT2D eigenvalue weighted by Crippen LogP contribution is 2.33. The van der Waals surface area contributed by atoms with Gasteiger partial charge < -0.3 is 19.7 Å². The Morgan fingerprint density at radius 3 is 2.27 bits per heavy atom. The van der Waals surface area contributed by atoms with Gasteiger partial charge in [-0.1, -0.05) is 6.07 Å². The van der Waals surface area contributed by atoms with Gasteiger partial charge in [0.05, 0.1) is 30.3 Å². The third-order valence-electron chi connectivity index (χ3n) is 6.67. The van der Waals surface area contributed by atoms with Gasteiger partial charge in [-0.25, -0.2) is 9.48 Å². The van der Waals surface area contributed by atoms with E-state index in [4.69, 9.17) is 9.47 Å². The summed E-state index contributed by atoms with van der Waals surface area (Å²) in [6, 6.07) is 13.5. The number of amides is 2. The molecule has 1 saturated heterocycles. The van der Waals surface area contributed by atoms with Gasteiger partial charge in [0.1, 0.15) is 11.4 Å². The Morgan fingerprint density at radius 1 is 1.00 bits per heavy atom. The second-order valence-corrected chi connectivity index (χ2v) is 10.5. The summed E-state index contributed by atoms with van der Waals surface area (Å²) >= 11 is 0. The van der Waals surface area contributed by atoms with E-state index in [1.807, 2.05) is 81.8 Å². The van der Waals surface area contributed by atoms with E-state index in [-0.39, 0.29) is 17.9 Å². The van der Waals surface area contributed by atoms with Gasteiger partial charge in [-0.2, -0.15) is 5.10 Å². The molecule has 4 rings (SSSR count). The van der Waals surface area contributed by atoms with Crippen molar-refractivity contribution in [3.63, 3.8) is 0 Å². The van der Waals surface area contributed by atoms with E-state index in [2.05, 4.69) is 10.4 Å². The third-order valence-corrected chi connectivity index (χ3v) is 6.67. The van der Waals surface area contributed by atoms with Gasteiger partial charge in [-0.15, -0.1) is 0 Å². The van der Waals surface area contributed by atoms with Crippen molar-refractivity contribution in [1.82, 2.24) is 14.7 Å². The molecule has 0 radical (unpaired) electrons. The van der Waals surface area contributed by atoms with Crippen LogP contribution < -0.4 is 10.1 Å². The van der Waals surface area contributed by atoms with Crippen LogP contribution >= 0.6 is 0 Å². The Labute approximate surface area is 218 Å². The summed E-state index contributed by atoms with van der Waals surface area (Å²) in [5, 5.41) is 7.67. The SMILES string of the molecule is COc1ccc(-n2ncc(C(=O)Nc3ccc(C)c(C)c3)c2C2CCN(C(=O)OC(C)(C)C)CC2)cc1. The molecule has 2 aromatic carbocycles. The number of carbonyl (C=O) groups is 2. The zero-order chi connectivity index (χ0) is 26.7. The number of ether oxygens (including phenoxy) is 2. The number of hydrogen-bond acceptors (Lipinski definition) is 5. The molecule has 1 fully saturated rings. The van der Waals surface area contributed by atoms with Crippen LogP contribution in [0.25, 0.3) is 5.69 Å². The molecule has 0 spiro atoms. The number of likely N-dealkylation sites (tertiary alicyclic amines) is 1. The molecule has 0 unspecified atom stereocenters. The number of aromatic nitrogens is 2. The number of piperidine rings is 1. The number of nitrogens with zero attached hydrogens (tertiary/aromatic N) is 3. The molecule has 8 nitrogen and oxygen atoms in total. The van der Waals surface area contributed by atoms with Gasteiger partial charge in [0.25, 0.3) is 5.91 Å². The predicted molar refractivity (Wildman–Crippen MR) is 144 cm³/mol. The maximum atomic E-state index is 13.5. The fraction of sp³-hybridized carbons (Fsp3) is 0.414. The Hall–Kier alpha value is -3.81. The molecular weight excluding hydrogens is 468 g/mol. The van der Waals surface area contributed by atoms with Gasteiger partial charge >= 0.3 is 6.09 Å². The largest absolute Gasteiger partial charge is 0.497 e. The highest BCUT2D eigenvalue weighted by atomic mass is 16.6. The minimum atomic E-state index is -0.541. The van der Waals surface area contributed by atoms with Gasteiger partial charge in [0.15, 0.2) is 0 Å². The second kappa shape index (κ2) is 10.7. The Balaban J connectivity index is 1.62. The number of anilines is 1. The van der Waals surface area contributed by atoms with E-state index < -0.39 is 5.60 Å². The topological polar surface area (TPSA) is 85.7 Å². The van der Waals surface area contributed by atoms with Crippen molar-refractivity contribution in [2.75, 3.05) is 25.5 Å². The lowest BCUT2D eigenvalue weighted by molar-refractivity contribution is 0.0203. The fourth-order valence-corrected chi connectivity index (χ4v) is 4.53. The normalized spacial score (nSPS) is 14.4. The Morgan fingerprint density at radius 2 is 1.68 bits per heavy atom. The first-order valence-electron chi connectivity index (χ1n) is 12.6. The summed E-state index contributed by atoms with van der Waals surface area (Å²) in [5.74, 6) is 0.590. The smallest absolute Gasteiger partial charge is 0.410 e. The first-order valence-corrected chi connectivity index (χ1v) is 12.6. The summed E-state index contributed by atoms with van der Waals surface area (Å²) in [6.45, 7) is 10.8. The number of nitrogens with one attached hydrogen (secondary N) is 1. The molecule has 0 atom stereocenters. The number of rotatable bonds is 5. The zero-order valence-electron chi connectivity index (χ0n) is 22.5. The van der Waals surface area contributed by atoms with E-state index >= 15 is 0 Å². The molecule has 0 saturated carbocycles. The number of hydrogen-bond donors (Lipinski definition) is 1. The van der Waals surface area contributed by atoms with Crippen molar-refractivity contribution in [3.05, 3.63) is 71.0 Å². The van der Waals surface area contributed by atoms with Crippen LogP contribution in [0.15, 0.2) is 48.7 Å². The minimum Gasteiger partial charge on any atom is -0.497 e. The lowest BCUT2D eigenvalue weighted by atomic mass is 9.90. The maximum Gasteiger partial charge on any atom is 0.410 e. The van der Waals surface area contributed by atoms with E-state index in [1.165, 1.54) is 5.56 Å². The van der Waals surface area contributed by atoms with Crippen molar-refractivity contribution in [1.29, 1.82) is 0 Å². The number of benzene rings is 2. The van der Waals surface area contributed by atoms with Crippen molar-refractivity contribution >= 4 is 17.7 Å². The second-order valence-electron chi connectivity index (χ2n) is 10.5. The van der Waals surface area contributed by atoms with Crippen LogP contribution in [0.1, 0.15) is 66.7 Å². The Kier molecular flexibility index (Phi) is 7.57. The Bertz CT molecular complexity index is 1270. The average Bonchev–Trinajstić information content (AvgIpc) is 3.31. The van der Waals surface area contributed by atoms with Crippen molar-refractivity contribution in [2.45, 2.75) is 59.0 Å². The van der Waals surface area contributed by atoms with Crippen molar-refractivity contribution in [2.24, 2.45) is 0 Å². The summed E-state index contributed by atoms with van der Waals surface area (Å²) in [4.78, 5) is 27.8. The molecule has 37 heavy (non-hydrogen) atoms. The summed E-state index contributed by atoms with van der Waals surface area (Å²) in [5.41, 5.74) is 4.71. The van der Waals surface area contributed by atoms with Crippen molar-refractivity contribution in [3.8, 4) is 11.4 Å². The molecule has 8 heteroatoms. The lowest BCUT2D eigenvalue weighted by Crippen LogP contribution is -2.41. The maximum absolute atomic E-state index is 13.5. The quantitative estimate of drug-likeness (QED) is 0.470. The number of methoxy groups -OCH3 is 1. The monoisotopic (exact) mass is 504 g/mol. The molecule has 0 bridgehead atoms. The molecule has 2 amide bonds. The highest BCUT2D eigenvalue weighted by Gasteiger charge is 2.32. The van der Waals surface area contributed by atoms with Crippen LogP contribution in [0.4, 0.5) is 10.5 Å². The first kappa shape index (κ1) is 26.3. The van der Waals surface area contributed by atoms with E-state index in [1.54, 1.807) is 18.2 Å². The molecule has 1 aliphatic rings. The lowest BCUT2D eigenvalue weighted by Gasteiger charge is -2.34. The predicted octanol–water partition coefficient (Wildman–Crippen LogP) is 5.86. The van der Waals surface area contributed by atoms with Gasteiger partial charge in [-0.05, 0) is 95.0 Å². The zero-order valence-corrected chi connectivity index (χ0v) is 22.5. The van der Waals surface area contributed by atoms with E-state index in [0.29, 0.717) is 31.5 Å². The van der Waals surface area contributed by atoms with Crippen molar-refractivity contribution < 1.29 is 19.1 Å². The van der Waals surface area contributed by atoms with Crippen LogP contribution in [0.5, 0.6) is 5.75 Å². The number of carbonyl (C=O) groups excluding carboxylic acids is 2. The van der Waals surface area contributed by atoms with E-state index in [0.717, 1.165) is 28.4 Å². The van der Waals surface area contributed by atoms with Crippen LogP contribution in [0.2, 0.25) is 0 Å². The van der Waals surface area contributed by atoms with Crippen LogP contribution in [0.3, 0.4) is 0 Å². The molecule has 3 aromatic rings. The molecule has 0 aliphatic carbocycles. The first-order chi connectivity index (χ1) is 17.6. The molecule has 196 valence electrons. The number of aryl methyl sites for hydroxylation is 2. The molecule has 1 aliphatic heterocycles. The molecule has 2 heterocycles. The minimum absolute atomic E-state index is 0.0452. The molecular formula is C29H36N4O4. The highest BCUT2D eigenvalue weighted by molar-refractivity contribution is 6.05. The van der Waals surface area contributed by atoms with Gasteiger partial charge in [0.2, 0.25) is 0 Å². The fourth-order valence-electron chi connectivity index (χ4n) is 4.53. The van der Waals surface area contributed by atoms with E-state index in [9.17, 15) is 9.59 Å². The molecule has 1 aromatic heterocycles. The average molecular weight is 505 g/mol. The van der Waals surface area contributed by atoms with Crippen LogP contribution in [-0.4, -0.2) is 52.5 Å². The summed E-state index contributed by atoms with van der Waals surface area (Å²) in [6.07, 6.45) is 2.73. The van der Waals surface area contributed by atoms with Gasteiger partial charge in [0, 0.05) is 24.7 Å². The standard InChI is InChI=1S/C29H36N4O4/c1-19-7-8-22(17-20(19)2)31-27(34)25-18-30-33(23-9-11-24(36-6)12-10-23)26(25)21-13-15-32(16-14-21)28(35)37-29(3,4)5/h7-12,17-18,21H,13-16H2,1-6H3,(H,31,34). The van der Waals surface area contributed by atoms with Crippen LogP contribution in [-0.2, 0) is 4.74 Å². The summed E-state index contributed by atoms with van der Waals surface area (Å²) in [7, 11) is 1.63. The molecule has 1 N–H and O–H groups in total. The third kappa shape index (κ3) is 6.13. The van der Waals surface area contributed by atoms with Crippen LogP contribution in [0, 0.1) is 13.8 Å². The van der Waals surface area contributed by atoms with Gasteiger partial charge in [-0.3, -0.25) is 4.79 Å².